The van der Waals surface area contributed by atoms with E-state index in [4.69, 9.17) is 4.42 Å². The minimum atomic E-state index is 1.05. The van der Waals surface area contributed by atoms with Gasteiger partial charge >= 0.3 is 11.3 Å². The van der Waals surface area contributed by atoms with Crippen LogP contribution in [0.5, 0.6) is 0 Å². The maximum atomic E-state index is 6.20. The van der Waals surface area contributed by atoms with Crippen molar-refractivity contribution in [3.05, 3.63) is 53.8 Å². The van der Waals surface area contributed by atoms with Gasteiger partial charge in [0.15, 0.2) is 0 Å². The van der Waals surface area contributed by atoms with Crippen LogP contribution in [0.1, 0.15) is 24.2 Å². The molecular weight excluding hydrogens is 220 g/mol. The van der Waals surface area contributed by atoms with E-state index in [1.165, 1.54) is 46.7 Å². The van der Waals surface area contributed by atoms with Gasteiger partial charge in [0.1, 0.15) is 0 Å². The third-order valence-electron chi connectivity index (χ3n) is 3.92. The molecule has 18 heavy (non-hydrogen) atoms. The lowest BCUT2D eigenvalue weighted by Crippen LogP contribution is -2.02. The van der Waals surface area contributed by atoms with Gasteiger partial charge in [0.2, 0.25) is 0 Å². The first kappa shape index (κ1) is 10.1. The van der Waals surface area contributed by atoms with Crippen molar-refractivity contribution in [1.29, 1.82) is 0 Å². The lowest BCUT2D eigenvalue weighted by Gasteiger charge is -2.07. The van der Waals surface area contributed by atoms with E-state index in [1.54, 1.807) is 0 Å². The Morgan fingerprint density at radius 3 is 2.67 bits per heavy atom. The molecule has 0 saturated carbocycles. The second-order valence-corrected chi connectivity index (χ2v) is 5.11. The third kappa shape index (κ3) is 1.43. The SMILES string of the molecule is c1ccc2c(c1)ccc1cc3c([o+]c12)CCCC3. The maximum Gasteiger partial charge on any atom is 0.367 e. The molecule has 4 rings (SSSR count). The molecule has 1 aromatic heterocycles. The van der Waals surface area contributed by atoms with Gasteiger partial charge in [0.05, 0.1) is 22.8 Å². The topological polar surface area (TPSA) is 11.3 Å². The average molecular weight is 235 g/mol. The highest BCUT2D eigenvalue weighted by Crippen LogP contribution is 2.31. The summed E-state index contributed by atoms with van der Waals surface area (Å²) in [6.07, 6.45) is 4.81. The van der Waals surface area contributed by atoms with Gasteiger partial charge in [-0.05, 0) is 42.8 Å². The van der Waals surface area contributed by atoms with Crippen LogP contribution in [0, 0.1) is 0 Å². The van der Waals surface area contributed by atoms with Gasteiger partial charge in [-0.25, -0.2) is 4.42 Å². The van der Waals surface area contributed by atoms with Crippen LogP contribution in [-0.2, 0) is 12.8 Å². The predicted molar refractivity (Wildman–Crippen MR) is 74.8 cm³/mol. The highest BCUT2D eigenvalue weighted by atomic mass is 16.3. The minimum Gasteiger partial charge on any atom is -0.211 e. The molecule has 1 aliphatic carbocycles. The summed E-state index contributed by atoms with van der Waals surface area (Å²) in [6.45, 7) is 0. The zero-order valence-electron chi connectivity index (χ0n) is 10.3. The van der Waals surface area contributed by atoms with Gasteiger partial charge in [0, 0.05) is 0 Å². The number of hydrogen-bond acceptors (Lipinski definition) is 0. The van der Waals surface area contributed by atoms with E-state index in [1.807, 2.05) is 0 Å². The van der Waals surface area contributed by atoms with Crippen LogP contribution >= 0.6 is 0 Å². The molecule has 0 unspecified atom stereocenters. The normalized spacial score (nSPS) is 14.9. The van der Waals surface area contributed by atoms with Gasteiger partial charge in [-0.2, -0.15) is 0 Å². The Morgan fingerprint density at radius 2 is 1.67 bits per heavy atom. The summed E-state index contributed by atoms with van der Waals surface area (Å²) in [5, 5.41) is 3.71. The van der Waals surface area contributed by atoms with E-state index in [0.717, 1.165) is 12.0 Å². The third-order valence-corrected chi connectivity index (χ3v) is 3.92. The van der Waals surface area contributed by atoms with Gasteiger partial charge in [0.25, 0.3) is 0 Å². The zero-order chi connectivity index (χ0) is 11.9. The van der Waals surface area contributed by atoms with Crippen LogP contribution in [-0.4, -0.2) is 0 Å². The van der Waals surface area contributed by atoms with Crippen LogP contribution in [0.15, 0.2) is 46.9 Å². The molecule has 0 bridgehead atoms. The number of fused-ring (bicyclic) bond motifs is 4. The molecular formula is C17H15O+. The van der Waals surface area contributed by atoms with E-state index >= 15 is 0 Å². The molecule has 0 spiro atoms. The molecule has 3 aromatic rings. The van der Waals surface area contributed by atoms with Crippen LogP contribution in [0.25, 0.3) is 21.7 Å². The Morgan fingerprint density at radius 1 is 0.833 bits per heavy atom. The van der Waals surface area contributed by atoms with E-state index in [9.17, 15) is 0 Å². The highest BCUT2D eigenvalue weighted by molar-refractivity contribution is 6.04. The molecule has 0 saturated heterocycles. The summed E-state index contributed by atoms with van der Waals surface area (Å²) >= 11 is 0. The van der Waals surface area contributed by atoms with Crippen LogP contribution < -0.4 is 0 Å². The molecule has 1 heteroatoms. The fourth-order valence-electron chi connectivity index (χ4n) is 2.97. The van der Waals surface area contributed by atoms with E-state index in [2.05, 4.69) is 42.5 Å². The Kier molecular flexibility index (Phi) is 2.13. The van der Waals surface area contributed by atoms with Gasteiger partial charge in [-0.15, -0.1) is 0 Å². The van der Waals surface area contributed by atoms with E-state index < -0.39 is 0 Å². The summed E-state index contributed by atoms with van der Waals surface area (Å²) < 4.78 is 6.20. The Bertz CT molecular complexity index is 743. The summed E-state index contributed by atoms with van der Waals surface area (Å²) in [5.74, 6) is 1.20. The first-order valence-electron chi connectivity index (χ1n) is 6.68. The molecule has 0 radical (unpaired) electrons. The molecule has 0 amide bonds. The molecule has 1 heterocycles. The number of aryl methyl sites for hydroxylation is 2. The molecule has 0 atom stereocenters. The number of rotatable bonds is 0. The summed E-state index contributed by atoms with van der Waals surface area (Å²) in [6, 6.07) is 15.1. The Hall–Kier alpha value is -1.89. The van der Waals surface area contributed by atoms with Crippen LogP contribution in [0.4, 0.5) is 0 Å². The predicted octanol–water partition coefficient (Wildman–Crippen LogP) is 4.75. The van der Waals surface area contributed by atoms with Crippen molar-refractivity contribution >= 4 is 21.7 Å². The Labute approximate surface area is 106 Å². The van der Waals surface area contributed by atoms with Crippen molar-refractivity contribution in [3.8, 4) is 0 Å². The standard InChI is InChI=1S/C17H15O/c1-3-7-15-12(5-1)9-10-14-11-13-6-2-4-8-16(13)18-17(14)15/h1,3,5,7,9-11H,2,4,6,8H2/q+1. The largest absolute Gasteiger partial charge is 0.367 e. The molecule has 0 fully saturated rings. The molecule has 88 valence electrons. The second-order valence-electron chi connectivity index (χ2n) is 5.11. The molecule has 0 aliphatic heterocycles. The van der Waals surface area contributed by atoms with Crippen LogP contribution in [0.2, 0.25) is 0 Å². The maximum absolute atomic E-state index is 6.20. The van der Waals surface area contributed by atoms with Crippen molar-refractivity contribution in [2.24, 2.45) is 0 Å². The number of hydrogen-bond donors (Lipinski definition) is 0. The summed E-state index contributed by atoms with van der Waals surface area (Å²) in [7, 11) is 0. The van der Waals surface area contributed by atoms with Gasteiger partial charge in [-0.1, -0.05) is 24.3 Å². The first-order valence-corrected chi connectivity index (χ1v) is 6.68. The Balaban J connectivity index is 2.12. The van der Waals surface area contributed by atoms with Crippen molar-refractivity contribution < 1.29 is 4.42 Å². The van der Waals surface area contributed by atoms with Crippen LogP contribution in [0.3, 0.4) is 0 Å². The van der Waals surface area contributed by atoms with E-state index in [0.29, 0.717) is 0 Å². The lowest BCUT2D eigenvalue weighted by atomic mass is 9.95. The first-order chi connectivity index (χ1) is 8.92. The molecule has 1 aliphatic rings. The zero-order valence-corrected chi connectivity index (χ0v) is 10.3. The van der Waals surface area contributed by atoms with Crippen molar-refractivity contribution in [2.75, 3.05) is 0 Å². The molecule has 2 aromatic carbocycles. The minimum absolute atomic E-state index is 1.05. The lowest BCUT2D eigenvalue weighted by molar-refractivity contribution is 0.491. The van der Waals surface area contributed by atoms with Gasteiger partial charge in [-0.3, -0.25) is 0 Å². The summed E-state index contributed by atoms with van der Waals surface area (Å²) in [5.41, 5.74) is 2.46. The summed E-state index contributed by atoms with van der Waals surface area (Å²) in [4.78, 5) is 0. The average Bonchev–Trinajstić information content (AvgIpc) is 2.45. The van der Waals surface area contributed by atoms with Gasteiger partial charge < -0.3 is 0 Å². The molecule has 1 nitrogen and oxygen atoms in total. The van der Waals surface area contributed by atoms with Crippen molar-refractivity contribution in [1.82, 2.24) is 0 Å². The second kappa shape index (κ2) is 3.81. The van der Waals surface area contributed by atoms with E-state index in [-0.39, 0.29) is 0 Å². The fraction of sp³-hybridized carbons (Fsp3) is 0.235. The smallest absolute Gasteiger partial charge is 0.211 e. The van der Waals surface area contributed by atoms with Crippen molar-refractivity contribution in [2.45, 2.75) is 25.7 Å². The highest BCUT2D eigenvalue weighted by Gasteiger charge is 2.23. The molecule has 0 N–H and O–H groups in total. The monoisotopic (exact) mass is 235 g/mol. The van der Waals surface area contributed by atoms with Crippen molar-refractivity contribution in [3.63, 3.8) is 0 Å². The quantitative estimate of drug-likeness (QED) is 0.404. The fourth-order valence-corrected chi connectivity index (χ4v) is 2.97. The number of benzene rings is 2.